The summed E-state index contributed by atoms with van der Waals surface area (Å²) in [7, 11) is 0. The van der Waals surface area contributed by atoms with E-state index in [9.17, 15) is 4.79 Å². The first kappa shape index (κ1) is 10.6. The van der Waals surface area contributed by atoms with E-state index in [-0.39, 0.29) is 11.9 Å². The zero-order chi connectivity index (χ0) is 10.7. The van der Waals surface area contributed by atoms with Gasteiger partial charge in [0.15, 0.2) is 5.13 Å². The van der Waals surface area contributed by atoms with Crippen LogP contribution in [0.5, 0.6) is 0 Å². The van der Waals surface area contributed by atoms with Crippen LogP contribution in [-0.4, -0.2) is 23.5 Å². The molecular weight excluding hydrogens is 210 g/mol. The lowest BCUT2D eigenvalue weighted by Crippen LogP contribution is -2.43. The molecule has 0 bridgehead atoms. The molecular formula is C10H15N3OS. The van der Waals surface area contributed by atoms with Gasteiger partial charge in [-0.3, -0.25) is 4.79 Å². The van der Waals surface area contributed by atoms with Crippen LogP contribution in [0.2, 0.25) is 0 Å². The Balaban J connectivity index is 1.91. The summed E-state index contributed by atoms with van der Waals surface area (Å²) in [4.78, 5) is 17.0. The Morgan fingerprint density at radius 2 is 2.53 bits per heavy atom. The predicted octanol–water partition coefficient (Wildman–Crippen LogP) is 1.53. The normalized spacial score (nSPS) is 21.3. The fourth-order valence-corrected chi connectivity index (χ4v) is 2.35. The molecule has 5 heteroatoms. The van der Waals surface area contributed by atoms with Gasteiger partial charge in [-0.05, 0) is 26.3 Å². The van der Waals surface area contributed by atoms with Gasteiger partial charge in [0, 0.05) is 11.1 Å². The first-order valence-electron chi connectivity index (χ1n) is 5.22. The van der Waals surface area contributed by atoms with Gasteiger partial charge in [-0.15, -0.1) is 11.3 Å². The number of nitrogens with one attached hydrogen (secondary N) is 2. The summed E-state index contributed by atoms with van der Waals surface area (Å²) in [5.41, 5.74) is 0. The molecule has 4 nitrogen and oxygen atoms in total. The number of rotatable bonds is 2. The zero-order valence-electron chi connectivity index (χ0n) is 8.75. The SMILES string of the molecule is Cc1cnc(NC(=O)C2CCCCN2)s1. The molecule has 2 N–H and O–H groups in total. The van der Waals surface area contributed by atoms with E-state index in [1.54, 1.807) is 6.20 Å². The van der Waals surface area contributed by atoms with Gasteiger partial charge in [-0.25, -0.2) is 4.98 Å². The number of hydrogen-bond donors (Lipinski definition) is 2. The average molecular weight is 225 g/mol. The third-order valence-corrected chi connectivity index (χ3v) is 3.31. The molecule has 1 atom stereocenters. The highest BCUT2D eigenvalue weighted by Gasteiger charge is 2.20. The van der Waals surface area contributed by atoms with Crippen molar-refractivity contribution < 1.29 is 4.79 Å². The minimum absolute atomic E-state index is 0.0389. The summed E-state index contributed by atoms with van der Waals surface area (Å²) < 4.78 is 0. The first-order chi connectivity index (χ1) is 7.25. The molecule has 1 aromatic heterocycles. The monoisotopic (exact) mass is 225 g/mol. The van der Waals surface area contributed by atoms with Crippen LogP contribution in [0.3, 0.4) is 0 Å². The van der Waals surface area contributed by atoms with Gasteiger partial charge in [0.1, 0.15) is 0 Å². The van der Waals surface area contributed by atoms with E-state index in [0.29, 0.717) is 5.13 Å². The highest BCUT2D eigenvalue weighted by molar-refractivity contribution is 7.15. The van der Waals surface area contributed by atoms with Crippen molar-refractivity contribution in [2.75, 3.05) is 11.9 Å². The molecule has 1 aliphatic heterocycles. The molecule has 1 aromatic rings. The maximum absolute atomic E-state index is 11.8. The summed E-state index contributed by atoms with van der Waals surface area (Å²) in [5, 5.41) is 6.75. The topological polar surface area (TPSA) is 54.0 Å². The average Bonchev–Trinajstić information content (AvgIpc) is 2.65. The third kappa shape index (κ3) is 2.76. The van der Waals surface area contributed by atoms with Crippen LogP contribution in [0.25, 0.3) is 0 Å². The van der Waals surface area contributed by atoms with Crippen LogP contribution in [0.4, 0.5) is 5.13 Å². The second-order valence-electron chi connectivity index (χ2n) is 3.77. The first-order valence-corrected chi connectivity index (χ1v) is 6.04. The molecule has 1 aliphatic rings. The molecule has 1 fully saturated rings. The van der Waals surface area contributed by atoms with Crippen LogP contribution in [0, 0.1) is 6.92 Å². The molecule has 15 heavy (non-hydrogen) atoms. The minimum Gasteiger partial charge on any atom is -0.306 e. The van der Waals surface area contributed by atoms with E-state index < -0.39 is 0 Å². The zero-order valence-corrected chi connectivity index (χ0v) is 9.56. The Morgan fingerprint density at radius 3 is 3.13 bits per heavy atom. The summed E-state index contributed by atoms with van der Waals surface area (Å²) in [6.45, 7) is 2.92. The Morgan fingerprint density at radius 1 is 1.67 bits per heavy atom. The van der Waals surface area contributed by atoms with Crippen molar-refractivity contribution in [3.05, 3.63) is 11.1 Å². The number of carbonyl (C=O) groups is 1. The minimum atomic E-state index is -0.0389. The Labute approximate surface area is 93.1 Å². The second kappa shape index (κ2) is 4.72. The number of piperidine rings is 1. The van der Waals surface area contributed by atoms with Crippen molar-refractivity contribution in [2.45, 2.75) is 32.2 Å². The summed E-state index contributed by atoms with van der Waals surface area (Å²) in [6, 6.07) is -0.0389. The number of aryl methyl sites for hydroxylation is 1. The number of hydrogen-bond acceptors (Lipinski definition) is 4. The van der Waals surface area contributed by atoms with Crippen LogP contribution >= 0.6 is 11.3 Å². The smallest absolute Gasteiger partial charge is 0.243 e. The third-order valence-electron chi connectivity index (χ3n) is 2.48. The van der Waals surface area contributed by atoms with Crippen molar-refractivity contribution >= 4 is 22.4 Å². The fraction of sp³-hybridized carbons (Fsp3) is 0.600. The molecule has 0 aliphatic carbocycles. The molecule has 1 unspecified atom stereocenters. The number of nitrogens with zero attached hydrogens (tertiary/aromatic N) is 1. The molecule has 0 aromatic carbocycles. The van der Waals surface area contributed by atoms with Gasteiger partial charge in [-0.1, -0.05) is 6.42 Å². The number of aromatic nitrogens is 1. The van der Waals surface area contributed by atoms with Gasteiger partial charge in [-0.2, -0.15) is 0 Å². The Hall–Kier alpha value is -0.940. The van der Waals surface area contributed by atoms with Gasteiger partial charge in [0.25, 0.3) is 0 Å². The van der Waals surface area contributed by atoms with Gasteiger partial charge >= 0.3 is 0 Å². The van der Waals surface area contributed by atoms with Crippen LogP contribution in [0.15, 0.2) is 6.20 Å². The van der Waals surface area contributed by atoms with Crippen LogP contribution in [-0.2, 0) is 4.79 Å². The number of amides is 1. The van der Waals surface area contributed by atoms with E-state index >= 15 is 0 Å². The van der Waals surface area contributed by atoms with E-state index in [0.717, 1.165) is 24.3 Å². The number of anilines is 1. The molecule has 2 heterocycles. The largest absolute Gasteiger partial charge is 0.306 e. The standard InChI is InChI=1S/C10H15N3OS/c1-7-6-12-10(15-7)13-9(14)8-4-2-3-5-11-8/h6,8,11H,2-5H2,1H3,(H,12,13,14). The van der Waals surface area contributed by atoms with Crippen molar-refractivity contribution in [2.24, 2.45) is 0 Å². The van der Waals surface area contributed by atoms with E-state index in [1.165, 1.54) is 17.8 Å². The molecule has 0 radical (unpaired) electrons. The van der Waals surface area contributed by atoms with E-state index in [4.69, 9.17) is 0 Å². The van der Waals surface area contributed by atoms with Crippen LogP contribution in [0.1, 0.15) is 24.1 Å². The van der Waals surface area contributed by atoms with Crippen molar-refractivity contribution in [1.29, 1.82) is 0 Å². The summed E-state index contributed by atoms with van der Waals surface area (Å²) in [5.74, 6) is 0.0454. The van der Waals surface area contributed by atoms with Crippen molar-refractivity contribution in [3.8, 4) is 0 Å². The van der Waals surface area contributed by atoms with Crippen LogP contribution < -0.4 is 10.6 Å². The molecule has 2 rings (SSSR count). The fourth-order valence-electron chi connectivity index (χ4n) is 1.68. The molecule has 0 saturated carbocycles. The van der Waals surface area contributed by atoms with Crippen molar-refractivity contribution in [1.82, 2.24) is 10.3 Å². The van der Waals surface area contributed by atoms with Gasteiger partial charge in [0.2, 0.25) is 5.91 Å². The molecule has 1 saturated heterocycles. The number of carbonyl (C=O) groups excluding carboxylic acids is 1. The maximum Gasteiger partial charge on any atom is 0.243 e. The predicted molar refractivity (Wildman–Crippen MR) is 61.1 cm³/mol. The quantitative estimate of drug-likeness (QED) is 0.802. The van der Waals surface area contributed by atoms with Gasteiger partial charge in [0.05, 0.1) is 6.04 Å². The molecule has 0 spiro atoms. The molecule has 82 valence electrons. The Bertz CT molecular complexity index is 344. The number of thiazole rings is 1. The maximum atomic E-state index is 11.8. The lowest BCUT2D eigenvalue weighted by Gasteiger charge is -2.21. The Kier molecular flexibility index (Phi) is 3.33. The summed E-state index contributed by atoms with van der Waals surface area (Å²) in [6.07, 6.45) is 4.99. The van der Waals surface area contributed by atoms with Gasteiger partial charge < -0.3 is 10.6 Å². The molecule has 1 amide bonds. The second-order valence-corrected chi connectivity index (χ2v) is 5.00. The lowest BCUT2D eigenvalue weighted by molar-refractivity contribution is -0.118. The highest BCUT2D eigenvalue weighted by atomic mass is 32.1. The van der Waals surface area contributed by atoms with Crippen molar-refractivity contribution in [3.63, 3.8) is 0 Å². The van der Waals surface area contributed by atoms with E-state index in [1.807, 2.05) is 6.92 Å². The highest BCUT2D eigenvalue weighted by Crippen LogP contribution is 2.17. The summed E-state index contributed by atoms with van der Waals surface area (Å²) >= 11 is 1.51. The van der Waals surface area contributed by atoms with E-state index in [2.05, 4.69) is 15.6 Å². The lowest BCUT2D eigenvalue weighted by atomic mass is 10.0.